The van der Waals surface area contributed by atoms with E-state index in [0.29, 0.717) is 16.3 Å². The molecule has 122 valence electrons. The predicted molar refractivity (Wildman–Crippen MR) is 96.9 cm³/mol. The number of aryl methyl sites for hydroxylation is 1. The summed E-state index contributed by atoms with van der Waals surface area (Å²) in [6.45, 7) is 1.86. The van der Waals surface area contributed by atoms with E-state index in [-0.39, 0.29) is 5.91 Å². The highest BCUT2D eigenvalue weighted by Gasteiger charge is 2.23. The summed E-state index contributed by atoms with van der Waals surface area (Å²) >= 11 is 1.53. The number of thiazole rings is 1. The van der Waals surface area contributed by atoms with E-state index in [0.717, 1.165) is 29.0 Å². The number of H-pyrrole nitrogens is 1. The molecule has 7 heteroatoms. The summed E-state index contributed by atoms with van der Waals surface area (Å²) < 4.78 is 0. The third kappa shape index (κ3) is 2.32. The van der Waals surface area contributed by atoms with Gasteiger partial charge in [0.2, 0.25) is 0 Å². The molecule has 6 nitrogen and oxygen atoms in total. The molecular weight excluding hydrogens is 334 g/mol. The lowest BCUT2D eigenvalue weighted by molar-refractivity contribution is 0.102. The molecule has 3 aromatic heterocycles. The van der Waals surface area contributed by atoms with Gasteiger partial charge in [-0.25, -0.2) is 15.0 Å². The number of nitrogens with one attached hydrogen (secondary N) is 2. The average Bonchev–Trinajstić information content (AvgIpc) is 3.25. The van der Waals surface area contributed by atoms with Crippen molar-refractivity contribution in [1.29, 1.82) is 0 Å². The van der Waals surface area contributed by atoms with Crippen molar-refractivity contribution in [3.63, 3.8) is 0 Å². The lowest BCUT2D eigenvalue weighted by Gasteiger charge is -2.02. The van der Waals surface area contributed by atoms with Crippen LogP contribution in [0.5, 0.6) is 0 Å². The molecule has 4 aromatic rings. The van der Waals surface area contributed by atoms with Crippen molar-refractivity contribution >= 4 is 33.5 Å². The topological polar surface area (TPSA) is 83.6 Å². The summed E-state index contributed by atoms with van der Waals surface area (Å²) in [5, 5.41) is 3.50. The van der Waals surface area contributed by atoms with Crippen LogP contribution in [-0.2, 0) is 6.42 Å². The van der Waals surface area contributed by atoms with Gasteiger partial charge in [0.25, 0.3) is 5.91 Å². The van der Waals surface area contributed by atoms with Gasteiger partial charge in [-0.05, 0) is 18.6 Å². The molecule has 1 aliphatic rings. The number of rotatable bonds is 2. The summed E-state index contributed by atoms with van der Waals surface area (Å²) in [4.78, 5) is 29.9. The highest BCUT2D eigenvalue weighted by molar-refractivity contribution is 7.16. The number of hydrogen-bond acceptors (Lipinski definition) is 5. The molecule has 2 N–H and O–H groups in total. The molecule has 0 saturated heterocycles. The molecule has 0 aliphatic heterocycles. The standard InChI is InChI=1S/C18H13N5OS/c1-9-20-13-6-11(8-19-16(13)21-9)17(24)23-18-22-15-12-5-3-2-4-10(12)7-14(15)25-18/h2-6,8H,7H2,1H3,(H,19,20,21)(H,22,23,24). The first-order chi connectivity index (χ1) is 12.2. The number of fused-ring (bicyclic) bond motifs is 4. The van der Waals surface area contributed by atoms with Gasteiger partial charge < -0.3 is 4.98 Å². The van der Waals surface area contributed by atoms with Gasteiger partial charge in [-0.15, -0.1) is 11.3 Å². The molecule has 5 rings (SSSR count). The van der Waals surface area contributed by atoms with E-state index in [1.807, 2.05) is 19.1 Å². The van der Waals surface area contributed by atoms with E-state index in [2.05, 4.69) is 37.4 Å². The maximum absolute atomic E-state index is 12.5. The number of imidazole rings is 1. The summed E-state index contributed by atoms with van der Waals surface area (Å²) in [5.41, 5.74) is 5.27. The Labute approximate surface area is 147 Å². The Bertz CT molecular complexity index is 1140. The largest absolute Gasteiger partial charge is 0.341 e. The van der Waals surface area contributed by atoms with E-state index < -0.39 is 0 Å². The maximum Gasteiger partial charge on any atom is 0.259 e. The van der Waals surface area contributed by atoms with Gasteiger partial charge in [-0.1, -0.05) is 24.3 Å². The van der Waals surface area contributed by atoms with Crippen LogP contribution in [0.1, 0.15) is 26.6 Å². The molecule has 0 radical (unpaired) electrons. The van der Waals surface area contributed by atoms with Crippen LogP contribution in [0.15, 0.2) is 36.5 Å². The van der Waals surface area contributed by atoms with Gasteiger partial charge in [-0.3, -0.25) is 10.1 Å². The number of carbonyl (C=O) groups is 1. The Morgan fingerprint density at radius 3 is 3.08 bits per heavy atom. The molecular formula is C18H13N5OS. The smallest absolute Gasteiger partial charge is 0.259 e. The van der Waals surface area contributed by atoms with Crippen molar-refractivity contribution in [1.82, 2.24) is 19.9 Å². The van der Waals surface area contributed by atoms with E-state index in [9.17, 15) is 4.79 Å². The number of aromatic nitrogens is 4. The van der Waals surface area contributed by atoms with Crippen LogP contribution in [0.3, 0.4) is 0 Å². The summed E-state index contributed by atoms with van der Waals surface area (Å²) in [6.07, 6.45) is 2.41. The van der Waals surface area contributed by atoms with Crippen LogP contribution < -0.4 is 5.32 Å². The quantitative estimate of drug-likeness (QED) is 0.511. The van der Waals surface area contributed by atoms with Crippen LogP contribution >= 0.6 is 11.3 Å². The van der Waals surface area contributed by atoms with Crippen LogP contribution in [0, 0.1) is 6.92 Å². The van der Waals surface area contributed by atoms with Gasteiger partial charge in [0.1, 0.15) is 5.82 Å². The van der Waals surface area contributed by atoms with E-state index in [1.54, 1.807) is 6.07 Å². The highest BCUT2D eigenvalue weighted by atomic mass is 32.1. The molecule has 0 unspecified atom stereocenters. The molecule has 1 aromatic carbocycles. The molecule has 0 atom stereocenters. The zero-order valence-corrected chi connectivity index (χ0v) is 14.1. The van der Waals surface area contributed by atoms with Crippen LogP contribution in [-0.4, -0.2) is 25.8 Å². The fourth-order valence-corrected chi connectivity index (χ4v) is 4.12. The molecule has 0 fully saturated rings. The van der Waals surface area contributed by atoms with Gasteiger partial charge in [0, 0.05) is 23.1 Å². The molecule has 25 heavy (non-hydrogen) atoms. The second kappa shape index (κ2) is 5.22. The first kappa shape index (κ1) is 14.3. The third-order valence-electron chi connectivity index (χ3n) is 4.26. The Morgan fingerprint density at radius 1 is 1.28 bits per heavy atom. The normalized spacial score (nSPS) is 12.2. The number of amides is 1. The minimum atomic E-state index is -0.220. The van der Waals surface area contributed by atoms with E-state index in [1.165, 1.54) is 28.0 Å². The number of nitrogens with zero attached hydrogens (tertiary/aromatic N) is 3. The number of pyridine rings is 1. The van der Waals surface area contributed by atoms with Gasteiger partial charge in [-0.2, -0.15) is 0 Å². The Balaban J connectivity index is 1.43. The van der Waals surface area contributed by atoms with E-state index >= 15 is 0 Å². The second-order valence-electron chi connectivity index (χ2n) is 6.00. The zero-order chi connectivity index (χ0) is 17.0. The van der Waals surface area contributed by atoms with Crippen molar-refractivity contribution in [2.75, 3.05) is 5.32 Å². The van der Waals surface area contributed by atoms with Gasteiger partial charge in [0.05, 0.1) is 16.8 Å². The number of benzene rings is 1. The fourth-order valence-electron chi connectivity index (χ4n) is 3.13. The van der Waals surface area contributed by atoms with Crippen LogP contribution in [0.25, 0.3) is 22.4 Å². The monoisotopic (exact) mass is 347 g/mol. The molecule has 1 aliphatic carbocycles. The minimum absolute atomic E-state index is 0.220. The fraction of sp³-hybridized carbons (Fsp3) is 0.111. The summed E-state index contributed by atoms with van der Waals surface area (Å²) in [6, 6.07) is 10.0. The van der Waals surface area contributed by atoms with Crippen LogP contribution in [0.4, 0.5) is 5.13 Å². The zero-order valence-electron chi connectivity index (χ0n) is 13.3. The van der Waals surface area contributed by atoms with Crippen molar-refractivity contribution in [2.24, 2.45) is 0 Å². The molecule has 0 spiro atoms. The molecule has 3 heterocycles. The predicted octanol–water partition coefficient (Wildman–Crippen LogP) is 3.55. The first-order valence-electron chi connectivity index (χ1n) is 7.89. The van der Waals surface area contributed by atoms with Gasteiger partial charge >= 0.3 is 0 Å². The number of hydrogen-bond donors (Lipinski definition) is 2. The number of carbonyl (C=O) groups excluding carboxylic acids is 1. The lowest BCUT2D eigenvalue weighted by atomic mass is 10.1. The van der Waals surface area contributed by atoms with Crippen molar-refractivity contribution in [2.45, 2.75) is 13.3 Å². The summed E-state index contributed by atoms with van der Waals surface area (Å²) in [7, 11) is 0. The van der Waals surface area contributed by atoms with Crippen molar-refractivity contribution in [3.8, 4) is 11.3 Å². The Kier molecular flexibility index (Phi) is 2.98. The third-order valence-corrected chi connectivity index (χ3v) is 5.23. The lowest BCUT2D eigenvalue weighted by Crippen LogP contribution is -2.12. The second-order valence-corrected chi connectivity index (χ2v) is 7.08. The summed E-state index contributed by atoms with van der Waals surface area (Å²) in [5.74, 6) is 0.553. The minimum Gasteiger partial charge on any atom is -0.341 e. The molecule has 0 bridgehead atoms. The number of anilines is 1. The Hall–Kier alpha value is -3.06. The maximum atomic E-state index is 12.5. The van der Waals surface area contributed by atoms with Crippen molar-refractivity contribution < 1.29 is 4.79 Å². The van der Waals surface area contributed by atoms with Crippen molar-refractivity contribution in [3.05, 3.63) is 58.4 Å². The molecule has 1 amide bonds. The van der Waals surface area contributed by atoms with Gasteiger partial charge in [0.15, 0.2) is 10.8 Å². The Morgan fingerprint density at radius 2 is 2.16 bits per heavy atom. The van der Waals surface area contributed by atoms with Crippen LogP contribution in [0.2, 0.25) is 0 Å². The first-order valence-corrected chi connectivity index (χ1v) is 8.71. The SMILES string of the molecule is Cc1nc2ncc(C(=O)Nc3nc4c(s3)Cc3ccccc3-4)cc2[nH]1. The number of aromatic amines is 1. The van der Waals surface area contributed by atoms with E-state index in [4.69, 9.17) is 0 Å². The average molecular weight is 347 g/mol. The molecule has 0 saturated carbocycles. The highest BCUT2D eigenvalue weighted by Crippen LogP contribution is 2.40.